The van der Waals surface area contributed by atoms with Crippen LogP contribution in [0, 0.1) is 11.8 Å². The molecular weight excluding hydrogens is 1080 g/mol. The lowest BCUT2D eigenvalue weighted by Gasteiger charge is -2.43. The number of rotatable bonds is 24. The van der Waals surface area contributed by atoms with Gasteiger partial charge in [-0.15, -0.1) is 0 Å². The minimum absolute atomic E-state index is 0.00743. The Balaban J connectivity index is 1.16. The first-order chi connectivity index (χ1) is 38.6. The Hall–Kier alpha value is -7.59. The number of phenols is 2. The van der Waals surface area contributed by atoms with Crippen molar-refractivity contribution in [3.63, 3.8) is 0 Å². The number of methoxy groups -OCH3 is 1. The number of carboxylic acid groups (broad SMARTS) is 1. The van der Waals surface area contributed by atoms with Crippen molar-refractivity contribution in [1.82, 2.24) is 36.8 Å². The van der Waals surface area contributed by atoms with E-state index in [9.17, 15) is 83.4 Å². The summed E-state index contributed by atoms with van der Waals surface area (Å²) in [7, 11) is 1.26. The van der Waals surface area contributed by atoms with E-state index in [4.69, 9.17) is 14.2 Å². The highest BCUT2D eigenvalue weighted by molar-refractivity contribution is 6.31. The zero-order valence-corrected chi connectivity index (χ0v) is 46.6. The Labute approximate surface area is 471 Å². The Morgan fingerprint density at radius 3 is 2.12 bits per heavy atom. The molecule has 2 fully saturated rings. The maximum Gasteiger partial charge on any atom is 0.303 e. The first-order valence-electron chi connectivity index (χ1n) is 27.1. The van der Waals surface area contributed by atoms with Crippen LogP contribution in [0.5, 0.6) is 17.2 Å². The fraction of sp³-hybridized carbons (Fsp3) is 0.582. The van der Waals surface area contributed by atoms with Gasteiger partial charge in [-0.25, -0.2) is 0 Å². The summed E-state index contributed by atoms with van der Waals surface area (Å²) >= 11 is 0. The third kappa shape index (κ3) is 14.5. The number of hydrogen-bond donors (Lipinski definition) is 12. The molecule has 10 atom stereocenters. The van der Waals surface area contributed by atoms with Crippen LogP contribution < -0.4 is 36.6 Å². The summed E-state index contributed by atoms with van der Waals surface area (Å²) in [4.78, 5) is 147. The number of fused-ring (bicyclic) bond motifs is 3. The van der Waals surface area contributed by atoms with Crippen LogP contribution in [-0.4, -0.2) is 188 Å². The van der Waals surface area contributed by atoms with Gasteiger partial charge >= 0.3 is 5.97 Å². The van der Waals surface area contributed by atoms with Crippen molar-refractivity contribution >= 4 is 64.7 Å². The molecule has 4 aliphatic rings. The predicted octanol–water partition coefficient (Wildman–Crippen LogP) is -1.19. The zero-order valence-electron chi connectivity index (χ0n) is 46.6. The van der Waals surface area contributed by atoms with Crippen LogP contribution >= 0.6 is 0 Å². The quantitative estimate of drug-likeness (QED) is 0.0469. The van der Waals surface area contributed by atoms with Gasteiger partial charge in [-0.3, -0.25) is 52.7 Å². The van der Waals surface area contributed by atoms with E-state index in [1.165, 1.54) is 44.1 Å². The van der Waals surface area contributed by atoms with E-state index in [2.05, 4.69) is 31.9 Å². The summed E-state index contributed by atoms with van der Waals surface area (Å²) in [5, 5.41) is 81.5. The molecule has 12 N–H and O–H groups in total. The van der Waals surface area contributed by atoms with Crippen molar-refractivity contribution in [2.45, 2.75) is 160 Å². The summed E-state index contributed by atoms with van der Waals surface area (Å²) in [5.74, 6) is -11.4. The SMILES string of the molecule is COc1cccc2c1C(=O)c1c(O)c3c(c(O)c1C2=O)C[C@@](O)(C(=O)CO)C[C@@H]3O[C@H]1C[C@H](NC(=O)[C@H](CC(C)C)NC(=O)[C@H](CCC(=O)O)NC(=O)CNC(=O)[C@H](CC(C)C)NC(=O)[C@@H]2CCCN2C(=O)CNC(C)=O)[C@H](O)[C@H](C)O1. The zero-order chi connectivity index (χ0) is 60.7. The third-order valence-corrected chi connectivity index (χ3v) is 14.9. The van der Waals surface area contributed by atoms with Gasteiger partial charge in [0, 0.05) is 55.8 Å². The Morgan fingerprint density at radius 2 is 1.50 bits per heavy atom. The molecular formula is C55H73N7O20. The molecule has 0 saturated carbocycles. The number of aliphatic carboxylic acids is 1. The molecule has 2 saturated heterocycles. The highest BCUT2D eigenvalue weighted by atomic mass is 16.7. The van der Waals surface area contributed by atoms with Crippen molar-refractivity contribution in [2.75, 3.05) is 33.4 Å². The van der Waals surface area contributed by atoms with E-state index >= 15 is 0 Å². The standard InChI is InChI=1S/C55H73N7O20/c1-24(2)16-32(61-54(78)34-11-9-15-62(34)39(67)22-56-27(6)64)51(75)57-21-38(66)58-30(13-14-40(68)69)52(76)60-33(17-25(3)4)53(77)59-31-18-41(81-26(5)46(31)70)82-36-20-55(79,37(65)23-63)19-29-43(36)50(74)45-44(48(29)72)47(71)28-10-8-12-35(80-7)42(28)49(45)73/h8,10,12,24-26,30-34,36,41,46,63,70,72,74,79H,9,11,13-23H2,1-7H3,(H,56,64)(H,57,75)(H,58,66)(H,59,77)(H,60,76)(H,61,78)(H,68,69)/t26-,30-,31-,32-,33-,34-,36-,41-,46+,55-/m0/s1. The maximum atomic E-state index is 14.3. The number of carboxylic acids is 1. The topological polar surface area (TPSA) is 412 Å². The molecule has 2 aliphatic heterocycles. The van der Waals surface area contributed by atoms with E-state index in [0.29, 0.717) is 12.8 Å². The van der Waals surface area contributed by atoms with Gasteiger partial charge < -0.3 is 81.7 Å². The van der Waals surface area contributed by atoms with Crippen molar-refractivity contribution in [2.24, 2.45) is 11.8 Å². The highest BCUT2D eigenvalue weighted by Gasteiger charge is 2.51. The number of likely N-dealkylation sites (tertiary alicyclic amines) is 1. The molecule has 7 amide bonds. The van der Waals surface area contributed by atoms with Crippen LogP contribution in [0.3, 0.4) is 0 Å². The minimum atomic E-state index is -2.48. The summed E-state index contributed by atoms with van der Waals surface area (Å²) < 4.78 is 17.6. The van der Waals surface area contributed by atoms with Crippen molar-refractivity contribution in [3.8, 4) is 17.2 Å². The number of hydrogen-bond acceptors (Lipinski definition) is 19. The number of aliphatic hydroxyl groups is 3. The second-order valence-corrected chi connectivity index (χ2v) is 21.9. The van der Waals surface area contributed by atoms with E-state index in [1.807, 2.05) is 0 Å². The fourth-order valence-corrected chi connectivity index (χ4v) is 10.8. The van der Waals surface area contributed by atoms with Gasteiger partial charge in [-0.1, -0.05) is 39.8 Å². The fourth-order valence-electron chi connectivity index (χ4n) is 10.8. The van der Waals surface area contributed by atoms with E-state index in [-0.39, 0.29) is 72.2 Å². The number of ketones is 3. The summed E-state index contributed by atoms with van der Waals surface area (Å²) in [6, 6.07) is -2.13. The van der Waals surface area contributed by atoms with Crippen molar-refractivity contribution < 1.29 is 97.6 Å². The van der Waals surface area contributed by atoms with Gasteiger partial charge in [0.2, 0.25) is 47.1 Å². The normalized spacial score (nSPS) is 23.0. The van der Waals surface area contributed by atoms with Crippen LogP contribution in [-0.2, 0) is 59.0 Å². The lowest BCUT2D eigenvalue weighted by atomic mass is 9.72. The van der Waals surface area contributed by atoms with E-state index < -0.39 is 187 Å². The van der Waals surface area contributed by atoms with Crippen LogP contribution in [0.4, 0.5) is 0 Å². The predicted molar refractivity (Wildman–Crippen MR) is 284 cm³/mol. The third-order valence-electron chi connectivity index (χ3n) is 14.9. The number of aromatic hydroxyl groups is 2. The van der Waals surface area contributed by atoms with E-state index in [1.54, 1.807) is 27.7 Å². The van der Waals surface area contributed by atoms with Gasteiger partial charge in [0.1, 0.15) is 59.7 Å². The number of carbonyl (C=O) groups is 11. The lowest BCUT2D eigenvalue weighted by molar-refractivity contribution is -0.249. The molecule has 0 unspecified atom stereocenters. The van der Waals surface area contributed by atoms with Crippen LogP contribution in [0.2, 0.25) is 0 Å². The van der Waals surface area contributed by atoms with Gasteiger partial charge in [0.15, 0.2) is 17.9 Å². The summed E-state index contributed by atoms with van der Waals surface area (Å²) in [5.41, 5.74) is -4.72. The van der Waals surface area contributed by atoms with Crippen molar-refractivity contribution in [3.05, 3.63) is 51.6 Å². The van der Waals surface area contributed by atoms with E-state index in [0.717, 1.165) is 0 Å². The van der Waals surface area contributed by atoms with Gasteiger partial charge in [0.25, 0.3) is 0 Å². The number of benzene rings is 2. The molecule has 0 aromatic heterocycles. The Bertz CT molecular complexity index is 2860. The smallest absolute Gasteiger partial charge is 0.303 e. The number of nitrogens with one attached hydrogen (secondary N) is 6. The molecule has 2 aliphatic carbocycles. The summed E-state index contributed by atoms with van der Waals surface area (Å²) in [6.07, 6.45) is -7.73. The second-order valence-electron chi connectivity index (χ2n) is 21.9. The van der Waals surface area contributed by atoms with Crippen LogP contribution in [0.1, 0.15) is 142 Å². The van der Waals surface area contributed by atoms with Gasteiger partial charge in [0.05, 0.1) is 55.1 Å². The number of ether oxygens (including phenoxy) is 3. The molecule has 2 aromatic rings. The number of Topliss-reactive ketones (excluding diaryl/α,β-unsaturated/α-hetero) is 1. The molecule has 27 nitrogen and oxygen atoms in total. The molecule has 2 aromatic carbocycles. The number of amides is 7. The molecule has 27 heteroatoms. The minimum Gasteiger partial charge on any atom is -0.507 e. The number of aliphatic hydroxyl groups excluding tert-OH is 2. The average molecular weight is 1150 g/mol. The summed E-state index contributed by atoms with van der Waals surface area (Å²) in [6.45, 7) is 7.74. The van der Waals surface area contributed by atoms with Crippen LogP contribution in [0.25, 0.3) is 0 Å². The molecule has 0 bridgehead atoms. The first-order valence-corrected chi connectivity index (χ1v) is 27.1. The lowest BCUT2D eigenvalue weighted by Crippen LogP contribution is -2.60. The number of carbonyl (C=O) groups excluding carboxylic acids is 10. The Kier molecular flexibility index (Phi) is 20.9. The maximum absolute atomic E-state index is 14.3. The first kappa shape index (κ1) is 63.6. The van der Waals surface area contributed by atoms with Gasteiger partial charge in [-0.2, -0.15) is 0 Å². The molecule has 448 valence electrons. The molecule has 6 rings (SSSR count). The largest absolute Gasteiger partial charge is 0.507 e. The molecule has 0 radical (unpaired) electrons. The Morgan fingerprint density at radius 1 is 0.841 bits per heavy atom. The number of phenolic OH excluding ortho intramolecular Hbond substituents is 2. The molecule has 2 heterocycles. The van der Waals surface area contributed by atoms with Gasteiger partial charge in [-0.05, 0) is 56.9 Å². The highest BCUT2D eigenvalue weighted by Crippen LogP contribution is 2.52. The second kappa shape index (κ2) is 27.0. The number of nitrogens with zero attached hydrogens (tertiary/aromatic N) is 1. The van der Waals surface area contributed by atoms with Crippen molar-refractivity contribution in [1.29, 1.82) is 0 Å². The van der Waals surface area contributed by atoms with Crippen LogP contribution in [0.15, 0.2) is 18.2 Å². The monoisotopic (exact) mass is 1150 g/mol. The molecule has 0 spiro atoms. The molecule has 82 heavy (non-hydrogen) atoms. The average Bonchev–Trinajstić information content (AvgIpc) is 2.31.